The molecule has 8 heteroatoms. The number of hydrogen-bond acceptors (Lipinski definition) is 3. The van der Waals surface area contributed by atoms with Crippen LogP contribution in [-0.2, 0) is 12.7 Å². The van der Waals surface area contributed by atoms with Crippen molar-refractivity contribution in [3.05, 3.63) is 45.7 Å². The molecule has 0 fully saturated rings. The van der Waals surface area contributed by atoms with Crippen molar-refractivity contribution in [1.82, 2.24) is 4.57 Å². The number of fused-ring (bicyclic) bond motifs is 1. The van der Waals surface area contributed by atoms with E-state index in [9.17, 15) is 22.8 Å². The minimum absolute atomic E-state index is 0.0722. The van der Waals surface area contributed by atoms with Crippen LogP contribution in [0.25, 0.3) is 10.9 Å². The number of alkyl halides is 3. The molecular weight excluding hydrogens is 289 g/mol. The number of pyridine rings is 1. The molecule has 1 aromatic heterocycles. The molecule has 0 aliphatic carbocycles. The Morgan fingerprint density at radius 2 is 2.00 bits per heavy atom. The number of nitriles is 1. The van der Waals surface area contributed by atoms with E-state index in [0.29, 0.717) is 10.6 Å². The molecule has 0 saturated heterocycles. The number of benzene rings is 1. The summed E-state index contributed by atoms with van der Waals surface area (Å²) in [6.45, 7) is -0.564. The molecular formula is C13H7F3N2O3. The van der Waals surface area contributed by atoms with Gasteiger partial charge in [-0.15, -0.1) is 0 Å². The summed E-state index contributed by atoms with van der Waals surface area (Å²) in [5.74, 6) is -1.51. The Bertz CT molecular complexity index is 831. The largest absolute Gasteiger partial charge is 0.478 e. The van der Waals surface area contributed by atoms with Gasteiger partial charge in [0.2, 0.25) is 0 Å². The summed E-state index contributed by atoms with van der Waals surface area (Å²) in [4.78, 5) is 22.6. The van der Waals surface area contributed by atoms with Crippen LogP contribution in [-0.4, -0.2) is 15.6 Å². The molecule has 0 aliphatic rings. The Hall–Kier alpha value is -2.82. The van der Waals surface area contributed by atoms with E-state index in [2.05, 4.69) is 0 Å². The number of aromatic carboxylic acids is 1. The van der Waals surface area contributed by atoms with Gasteiger partial charge in [-0.25, -0.2) is 4.79 Å². The monoisotopic (exact) mass is 296 g/mol. The zero-order chi connectivity index (χ0) is 15.8. The fourth-order valence-corrected chi connectivity index (χ4v) is 2.01. The van der Waals surface area contributed by atoms with Crippen molar-refractivity contribution in [2.75, 3.05) is 0 Å². The molecule has 1 N–H and O–H groups in total. The predicted molar refractivity (Wildman–Crippen MR) is 65.8 cm³/mol. The molecule has 1 heterocycles. The highest BCUT2D eigenvalue weighted by Gasteiger charge is 2.35. The van der Waals surface area contributed by atoms with Gasteiger partial charge in [-0.05, 0) is 23.6 Å². The first-order chi connectivity index (χ1) is 9.75. The number of nitrogens with zero attached hydrogens (tertiary/aromatic N) is 2. The fraction of sp³-hybridized carbons (Fsp3) is 0.154. The highest BCUT2D eigenvalue weighted by molar-refractivity contribution is 5.95. The van der Waals surface area contributed by atoms with E-state index in [0.717, 1.165) is 18.2 Å². The second kappa shape index (κ2) is 4.94. The quantitative estimate of drug-likeness (QED) is 0.921. The molecule has 0 spiro atoms. The SMILES string of the molecule is N#CCn1c(=O)ccc2cc(C(=O)O)cc(C(F)(F)F)c21. The van der Waals surface area contributed by atoms with Crippen LogP contribution in [0.4, 0.5) is 13.2 Å². The lowest BCUT2D eigenvalue weighted by atomic mass is 10.0. The number of carbonyl (C=O) groups is 1. The van der Waals surface area contributed by atoms with Gasteiger partial charge in [0.1, 0.15) is 6.54 Å². The molecule has 5 nitrogen and oxygen atoms in total. The van der Waals surface area contributed by atoms with E-state index in [1.807, 2.05) is 0 Å². The highest BCUT2D eigenvalue weighted by atomic mass is 19.4. The second-order valence-corrected chi connectivity index (χ2v) is 4.18. The number of rotatable bonds is 2. The number of carboxylic acid groups (broad SMARTS) is 1. The molecule has 2 rings (SSSR count). The third-order valence-corrected chi connectivity index (χ3v) is 2.86. The highest BCUT2D eigenvalue weighted by Crippen LogP contribution is 2.35. The van der Waals surface area contributed by atoms with Crippen molar-refractivity contribution >= 4 is 16.9 Å². The summed E-state index contributed by atoms with van der Waals surface area (Å²) >= 11 is 0. The minimum Gasteiger partial charge on any atom is -0.478 e. The summed E-state index contributed by atoms with van der Waals surface area (Å²) in [6.07, 6.45) is -4.85. The zero-order valence-electron chi connectivity index (χ0n) is 10.3. The van der Waals surface area contributed by atoms with Gasteiger partial charge in [0.25, 0.3) is 5.56 Å². The molecule has 0 bridgehead atoms. The molecule has 108 valence electrons. The first-order valence-electron chi connectivity index (χ1n) is 5.60. The molecule has 2 aromatic rings. The Kier molecular flexibility index (Phi) is 3.43. The van der Waals surface area contributed by atoms with Crippen LogP contribution >= 0.6 is 0 Å². The predicted octanol–water partition coefficient (Wildman–Crippen LogP) is 2.24. The molecule has 1 aromatic carbocycles. The summed E-state index contributed by atoms with van der Waals surface area (Å²) in [5, 5.41) is 17.5. The third kappa shape index (κ3) is 2.58. The van der Waals surface area contributed by atoms with Crippen LogP contribution in [0.3, 0.4) is 0 Å². The molecule has 0 saturated carbocycles. The standard InChI is InChI=1S/C13H7F3N2O3/c14-13(15,16)9-6-8(12(20)21)5-7-1-2-10(19)18(4-3-17)11(7)9/h1-2,5-6H,4H2,(H,20,21). The first-order valence-corrected chi connectivity index (χ1v) is 5.60. The first kappa shape index (κ1) is 14.6. The van der Waals surface area contributed by atoms with Gasteiger partial charge in [-0.3, -0.25) is 9.36 Å². The number of hydrogen-bond donors (Lipinski definition) is 1. The van der Waals surface area contributed by atoms with Gasteiger partial charge in [0.05, 0.1) is 22.7 Å². The molecule has 0 aliphatic heterocycles. The Morgan fingerprint density at radius 3 is 2.52 bits per heavy atom. The smallest absolute Gasteiger partial charge is 0.418 e. The average Bonchev–Trinajstić information content (AvgIpc) is 2.39. The van der Waals surface area contributed by atoms with Crippen LogP contribution < -0.4 is 5.56 Å². The minimum atomic E-state index is -4.85. The second-order valence-electron chi connectivity index (χ2n) is 4.18. The van der Waals surface area contributed by atoms with Gasteiger partial charge in [0, 0.05) is 6.07 Å². The van der Waals surface area contributed by atoms with Crippen molar-refractivity contribution in [3.8, 4) is 6.07 Å². The van der Waals surface area contributed by atoms with Crippen molar-refractivity contribution in [3.63, 3.8) is 0 Å². The van der Waals surface area contributed by atoms with E-state index >= 15 is 0 Å². The number of carboxylic acids is 1. The fourth-order valence-electron chi connectivity index (χ4n) is 2.01. The molecule has 21 heavy (non-hydrogen) atoms. The van der Waals surface area contributed by atoms with Crippen LogP contribution in [0, 0.1) is 11.3 Å². The molecule has 0 radical (unpaired) electrons. The molecule has 0 unspecified atom stereocenters. The Balaban J connectivity index is 3.00. The van der Waals surface area contributed by atoms with Crippen LogP contribution in [0.5, 0.6) is 0 Å². The topological polar surface area (TPSA) is 83.1 Å². The Labute approximate surface area is 115 Å². The number of halogens is 3. The van der Waals surface area contributed by atoms with E-state index in [-0.39, 0.29) is 5.39 Å². The zero-order valence-corrected chi connectivity index (χ0v) is 10.3. The van der Waals surface area contributed by atoms with Gasteiger partial charge in [0.15, 0.2) is 0 Å². The van der Waals surface area contributed by atoms with Crippen molar-refractivity contribution in [2.45, 2.75) is 12.7 Å². The summed E-state index contributed by atoms with van der Waals surface area (Å²) < 4.78 is 40.0. The lowest BCUT2D eigenvalue weighted by Crippen LogP contribution is -2.22. The van der Waals surface area contributed by atoms with E-state index < -0.39 is 40.9 Å². The maximum Gasteiger partial charge on any atom is 0.418 e. The maximum atomic E-state index is 13.1. The lowest BCUT2D eigenvalue weighted by molar-refractivity contribution is -0.136. The van der Waals surface area contributed by atoms with Crippen molar-refractivity contribution < 1.29 is 23.1 Å². The van der Waals surface area contributed by atoms with Gasteiger partial charge in [-0.2, -0.15) is 18.4 Å². The van der Waals surface area contributed by atoms with Crippen molar-refractivity contribution in [2.24, 2.45) is 0 Å². The lowest BCUT2D eigenvalue weighted by Gasteiger charge is -2.15. The van der Waals surface area contributed by atoms with E-state index in [4.69, 9.17) is 10.4 Å². The summed E-state index contributed by atoms with van der Waals surface area (Å²) in [5.41, 5.74) is -3.07. The third-order valence-electron chi connectivity index (χ3n) is 2.86. The van der Waals surface area contributed by atoms with Gasteiger partial charge >= 0.3 is 12.1 Å². The van der Waals surface area contributed by atoms with Gasteiger partial charge in [-0.1, -0.05) is 0 Å². The van der Waals surface area contributed by atoms with Crippen molar-refractivity contribution in [1.29, 1.82) is 5.26 Å². The van der Waals surface area contributed by atoms with E-state index in [1.165, 1.54) is 0 Å². The summed E-state index contributed by atoms with van der Waals surface area (Å²) in [7, 11) is 0. The van der Waals surface area contributed by atoms with Crippen LogP contribution in [0.1, 0.15) is 15.9 Å². The maximum absolute atomic E-state index is 13.1. The molecule has 0 amide bonds. The summed E-state index contributed by atoms with van der Waals surface area (Å²) in [6, 6.07) is 5.19. The van der Waals surface area contributed by atoms with Crippen LogP contribution in [0.15, 0.2) is 29.1 Å². The van der Waals surface area contributed by atoms with Gasteiger partial charge < -0.3 is 5.11 Å². The van der Waals surface area contributed by atoms with Crippen LogP contribution in [0.2, 0.25) is 0 Å². The number of aromatic nitrogens is 1. The molecule has 0 atom stereocenters. The Morgan fingerprint density at radius 1 is 1.33 bits per heavy atom. The van der Waals surface area contributed by atoms with E-state index in [1.54, 1.807) is 6.07 Å². The average molecular weight is 296 g/mol. The normalized spacial score (nSPS) is 11.3.